The van der Waals surface area contributed by atoms with Gasteiger partial charge in [0.25, 0.3) is 0 Å². The van der Waals surface area contributed by atoms with Crippen molar-refractivity contribution in [3.8, 4) is 0 Å². The van der Waals surface area contributed by atoms with Crippen molar-refractivity contribution >= 4 is 33.0 Å². The molecule has 0 spiro atoms. The highest BCUT2D eigenvalue weighted by Crippen LogP contribution is 2.26. The van der Waals surface area contributed by atoms with Crippen molar-refractivity contribution in [3.63, 3.8) is 0 Å². The first-order chi connectivity index (χ1) is 9.40. The van der Waals surface area contributed by atoms with Crippen LogP contribution in [0.1, 0.15) is 39.5 Å². The first-order valence-electron chi connectivity index (χ1n) is 6.79. The lowest BCUT2D eigenvalue weighted by Gasteiger charge is -2.22. The van der Waals surface area contributed by atoms with E-state index in [4.69, 9.17) is 11.6 Å². The highest BCUT2D eigenvalue weighted by atomic mass is 35.5. The molecule has 0 saturated heterocycles. The van der Waals surface area contributed by atoms with Crippen LogP contribution in [0.15, 0.2) is 16.3 Å². The minimum Gasteiger partial charge on any atom is -0.395 e. The molecule has 0 radical (unpaired) electrons. The van der Waals surface area contributed by atoms with E-state index in [-0.39, 0.29) is 16.7 Å². The molecule has 0 amide bonds. The summed E-state index contributed by atoms with van der Waals surface area (Å²) in [6.45, 7) is 3.88. The molecule has 1 heterocycles. The number of sulfonamides is 1. The summed E-state index contributed by atoms with van der Waals surface area (Å²) >= 11 is 6.77. The maximum atomic E-state index is 12.2. The number of rotatable bonds is 9. The maximum Gasteiger partial charge on any atom is 0.250 e. The second kappa shape index (κ2) is 8.34. The fourth-order valence-electron chi connectivity index (χ4n) is 1.95. The molecule has 7 heteroatoms. The summed E-state index contributed by atoms with van der Waals surface area (Å²) in [4.78, 5) is 0. The molecule has 20 heavy (non-hydrogen) atoms. The highest BCUT2D eigenvalue weighted by Gasteiger charge is 2.24. The van der Waals surface area contributed by atoms with Gasteiger partial charge in [-0.1, -0.05) is 44.7 Å². The van der Waals surface area contributed by atoms with Crippen LogP contribution in [0.4, 0.5) is 0 Å². The molecule has 1 rings (SSSR count). The first kappa shape index (κ1) is 17.9. The summed E-state index contributed by atoms with van der Waals surface area (Å²) in [6, 6.07) is 2.57. The first-order valence-corrected chi connectivity index (χ1v) is 9.47. The van der Waals surface area contributed by atoms with Gasteiger partial charge in [-0.2, -0.15) is 0 Å². The minimum absolute atomic E-state index is 0.0942. The molecular formula is C13H22ClNO3S2. The van der Waals surface area contributed by atoms with Gasteiger partial charge in [0.15, 0.2) is 0 Å². The van der Waals surface area contributed by atoms with Crippen molar-refractivity contribution in [1.29, 1.82) is 0 Å². The van der Waals surface area contributed by atoms with E-state index in [0.717, 1.165) is 37.0 Å². The molecule has 0 aliphatic rings. The molecular weight excluding hydrogens is 318 g/mol. The van der Waals surface area contributed by atoms with Crippen molar-refractivity contribution in [2.45, 2.75) is 49.8 Å². The second-order valence-corrected chi connectivity index (χ2v) is 8.60. The average molecular weight is 340 g/mol. The fourth-order valence-corrected chi connectivity index (χ4v) is 4.79. The van der Waals surface area contributed by atoms with Gasteiger partial charge in [0, 0.05) is 6.04 Å². The lowest BCUT2D eigenvalue weighted by atomic mass is 9.96. The Morgan fingerprint density at radius 3 is 2.60 bits per heavy atom. The third-order valence-electron chi connectivity index (χ3n) is 3.27. The summed E-state index contributed by atoms with van der Waals surface area (Å²) in [5.41, 5.74) is 0. The van der Waals surface area contributed by atoms with E-state index in [1.165, 1.54) is 6.07 Å². The summed E-state index contributed by atoms with van der Waals surface area (Å²) in [5.74, 6) is 0.0942. The third-order valence-corrected chi connectivity index (χ3v) is 6.48. The van der Waals surface area contributed by atoms with E-state index in [1.807, 2.05) is 6.92 Å². The Balaban J connectivity index is 2.67. The SMILES string of the molecule is CCCCC[C@H](C)[C@@H](CO)NS(=O)(=O)c1ccc(Cl)s1. The molecule has 0 unspecified atom stereocenters. The van der Waals surface area contributed by atoms with Crippen molar-refractivity contribution in [2.24, 2.45) is 5.92 Å². The Morgan fingerprint density at radius 1 is 1.40 bits per heavy atom. The van der Waals surface area contributed by atoms with Gasteiger partial charge < -0.3 is 5.11 Å². The largest absolute Gasteiger partial charge is 0.395 e. The lowest BCUT2D eigenvalue weighted by molar-refractivity contribution is 0.215. The minimum atomic E-state index is -3.60. The van der Waals surface area contributed by atoms with Crippen molar-refractivity contribution in [1.82, 2.24) is 4.72 Å². The Morgan fingerprint density at radius 2 is 2.10 bits per heavy atom. The molecule has 0 bridgehead atoms. The van der Waals surface area contributed by atoms with Crippen LogP contribution in [-0.4, -0.2) is 26.2 Å². The number of nitrogens with one attached hydrogen (secondary N) is 1. The Kier molecular flexibility index (Phi) is 7.47. The third kappa shape index (κ3) is 5.33. The van der Waals surface area contributed by atoms with Crippen LogP contribution in [0.5, 0.6) is 0 Å². The maximum absolute atomic E-state index is 12.2. The molecule has 116 valence electrons. The molecule has 0 aliphatic carbocycles. The molecule has 2 N–H and O–H groups in total. The van der Waals surface area contributed by atoms with Crippen LogP contribution >= 0.6 is 22.9 Å². The lowest BCUT2D eigenvalue weighted by Crippen LogP contribution is -2.41. The van der Waals surface area contributed by atoms with Crippen LogP contribution in [0.2, 0.25) is 4.34 Å². The smallest absolute Gasteiger partial charge is 0.250 e. The van der Waals surface area contributed by atoms with E-state index in [1.54, 1.807) is 6.07 Å². The average Bonchev–Trinajstić information content (AvgIpc) is 2.83. The normalized spacial score (nSPS) is 15.2. The number of thiophene rings is 1. The van der Waals surface area contributed by atoms with Gasteiger partial charge in [-0.15, -0.1) is 11.3 Å². The Hall–Kier alpha value is -0.140. The number of halogens is 1. The summed E-state index contributed by atoms with van der Waals surface area (Å²) in [5, 5.41) is 9.42. The molecule has 0 aliphatic heterocycles. The molecule has 0 aromatic carbocycles. The van der Waals surface area contributed by atoms with Gasteiger partial charge in [0.1, 0.15) is 4.21 Å². The number of aliphatic hydroxyl groups excluding tert-OH is 1. The number of unbranched alkanes of at least 4 members (excludes halogenated alkanes) is 2. The molecule has 1 aromatic rings. The summed E-state index contributed by atoms with van der Waals surface area (Å²) in [6.07, 6.45) is 4.18. The topological polar surface area (TPSA) is 66.4 Å². The predicted octanol–water partition coefficient (Wildman–Crippen LogP) is 3.26. The van der Waals surface area contributed by atoms with Crippen LogP contribution < -0.4 is 4.72 Å². The Labute approximate surface area is 130 Å². The number of hydrogen-bond acceptors (Lipinski definition) is 4. The van der Waals surface area contributed by atoms with Crippen LogP contribution in [-0.2, 0) is 10.0 Å². The van der Waals surface area contributed by atoms with Crippen molar-refractivity contribution in [2.75, 3.05) is 6.61 Å². The zero-order chi connectivity index (χ0) is 15.2. The predicted molar refractivity (Wildman–Crippen MR) is 83.8 cm³/mol. The molecule has 0 saturated carbocycles. The van der Waals surface area contributed by atoms with E-state index in [2.05, 4.69) is 11.6 Å². The van der Waals surface area contributed by atoms with E-state index in [0.29, 0.717) is 4.34 Å². The van der Waals surface area contributed by atoms with Gasteiger partial charge in [-0.25, -0.2) is 13.1 Å². The highest BCUT2D eigenvalue weighted by molar-refractivity contribution is 7.91. The van der Waals surface area contributed by atoms with Crippen LogP contribution in [0, 0.1) is 5.92 Å². The van der Waals surface area contributed by atoms with Gasteiger partial charge in [0.2, 0.25) is 10.0 Å². The molecule has 2 atom stereocenters. The van der Waals surface area contributed by atoms with E-state index in [9.17, 15) is 13.5 Å². The monoisotopic (exact) mass is 339 g/mol. The molecule has 1 aromatic heterocycles. The summed E-state index contributed by atoms with van der Waals surface area (Å²) in [7, 11) is -3.60. The van der Waals surface area contributed by atoms with Crippen LogP contribution in [0.3, 0.4) is 0 Å². The molecule has 0 fully saturated rings. The number of aliphatic hydroxyl groups is 1. The standard InChI is InChI=1S/C13H22ClNO3S2/c1-3-4-5-6-10(2)11(9-16)15-20(17,18)13-8-7-12(14)19-13/h7-8,10-11,15-16H,3-6,9H2,1-2H3/t10-,11+/m0/s1. The number of hydrogen-bond donors (Lipinski definition) is 2. The van der Waals surface area contributed by atoms with Gasteiger partial charge in [0.05, 0.1) is 10.9 Å². The Bertz CT molecular complexity index is 501. The van der Waals surface area contributed by atoms with E-state index >= 15 is 0 Å². The molecule has 4 nitrogen and oxygen atoms in total. The van der Waals surface area contributed by atoms with Crippen LogP contribution in [0.25, 0.3) is 0 Å². The zero-order valence-corrected chi connectivity index (χ0v) is 14.2. The summed E-state index contributed by atoms with van der Waals surface area (Å²) < 4.78 is 27.5. The van der Waals surface area contributed by atoms with Crippen molar-refractivity contribution in [3.05, 3.63) is 16.5 Å². The van der Waals surface area contributed by atoms with Crippen molar-refractivity contribution < 1.29 is 13.5 Å². The van der Waals surface area contributed by atoms with Gasteiger partial charge in [-0.3, -0.25) is 0 Å². The van der Waals surface area contributed by atoms with Gasteiger partial charge >= 0.3 is 0 Å². The quantitative estimate of drug-likeness (QED) is 0.679. The zero-order valence-electron chi connectivity index (χ0n) is 11.8. The van der Waals surface area contributed by atoms with E-state index < -0.39 is 16.1 Å². The fraction of sp³-hybridized carbons (Fsp3) is 0.692. The second-order valence-electron chi connectivity index (χ2n) is 4.94. The van der Waals surface area contributed by atoms with Gasteiger partial charge in [-0.05, 0) is 24.5 Å².